The molecule has 0 spiro atoms. The predicted molar refractivity (Wildman–Crippen MR) is 92.1 cm³/mol. The quantitative estimate of drug-likeness (QED) is 0.673. The molecule has 1 unspecified atom stereocenters. The van der Waals surface area contributed by atoms with Crippen molar-refractivity contribution in [3.63, 3.8) is 0 Å². The normalized spacial score (nSPS) is 17.8. The molecule has 1 atom stereocenters. The average molecular weight is 319 g/mol. The van der Waals surface area contributed by atoms with E-state index in [1.54, 1.807) is 0 Å². The van der Waals surface area contributed by atoms with Gasteiger partial charge in [0.2, 0.25) is 5.91 Å². The zero-order chi connectivity index (χ0) is 16.5. The topological polar surface area (TPSA) is 64.6 Å². The van der Waals surface area contributed by atoms with Crippen molar-refractivity contribution in [3.05, 3.63) is 35.9 Å². The lowest BCUT2D eigenvalue weighted by Crippen LogP contribution is -2.40. The monoisotopic (exact) mass is 319 g/mol. The van der Waals surface area contributed by atoms with Gasteiger partial charge in [-0.3, -0.25) is 4.79 Å². The van der Waals surface area contributed by atoms with E-state index in [2.05, 4.69) is 15.5 Å². The van der Waals surface area contributed by atoms with Gasteiger partial charge >= 0.3 is 0 Å². The second-order valence-electron chi connectivity index (χ2n) is 6.33. The van der Waals surface area contributed by atoms with Crippen LogP contribution < -0.4 is 10.6 Å². The van der Waals surface area contributed by atoms with Crippen LogP contribution in [0.5, 0.6) is 0 Å². The number of aliphatic hydroxyl groups excluding tert-OH is 1. The number of hydrogen-bond donors (Lipinski definition) is 3. The minimum Gasteiger partial charge on any atom is -0.387 e. The number of β-amino-alcohol motifs (C(OH)–C–C–N with tert-alkyl or cyclic N) is 1. The molecule has 0 aromatic heterocycles. The Morgan fingerprint density at radius 1 is 1.30 bits per heavy atom. The number of rotatable bonds is 8. The molecule has 1 aliphatic heterocycles. The van der Waals surface area contributed by atoms with Crippen LogP contribution in [0, 0.1) is 5.92 Å². The van der Waals surface area contributed by atoms with Gasteiger partial charge < -0.3 is 20.6 Å². The smallest absolute Gasteiger partial charge is 0.221 e. The van der Waals surface area contributed by atoms with Crippen molar-refractivity contribution < 1.29 is 9.90 Å². The molecule has 1 aromatic carbocycles. The molecule has 1 aliphatic rings. The first-order chi connectivity index (χ1) is 11.2. The number of carbonyl (C=O) groups excluding carboxylic acids is 1. The standard InChI is InChI=1S/C18H29N3O2/c1-19-10-7-18(23)20-13-15-8-11-21(12-9-15)14-17(22)16-5-3-2-4-6-16/h2-6,15,17,19,22H,7-14H2,1H3,(H,20,23). The van der Waals surface area contributed by atoms with Gasteiger partial charge in [0.25, 0.3) is 0 Å². The summed E-state index contributed by atoms with van der Waals surface area (Å²) in [5.41, 5.74) is 0.978. The summed E-state index contributed by atoms with van der Waals surface area (Å²) in [5, 5.41) is 16.3. The number of carbonyl (C=O) groups is 1. The van der Waals surface area contributed by atoms with Crippen molar-refractivity contribution in [2.45, 2.75) is 25.4 Å². The number of amides is 1. The summed E-state index contributed by atoms with van der Waals surface area (Å²) in [4.78, 5) is 13.9. The molecule has 0 bridgehead atoms. The van der Waals surface area contributed by atoms with Gasteiger partial charge in [0.15, 0.2) is 0 Å². The first kappa shape index (κ1) is 17.9. The minimum absolute atomic E-state index is 0.126. The molecule has 2 rings (SSSR count). The van der Waals surface area contributed by atoms with E-state index in [1.807, 2.05) is 37.4 Å². The van der Waals surface area contributed by atoms with Crippen LogP contribution in [0.15, 0.2) is 30.3 Å². The molecule has 1 aromatic rings. The molecule has 1 fully saturated rings. The highest BCUT2D eigenvalue weighted by Gasteiger charge is 2.21. The van der Waals surface area contributed by atoms with Crippen LogP contribution in [0.4, 0.5) is 0 Å². The fourth-order valence-electron chi connectivity index (χ4n) is 2.98. The zero-order valence-corrected chi connectivity index (χ0v) is 14.0. The molecular weight excluding hydrogens is 290 g/mol. The van der Waals surface area contributed by atoms with Crippen LogP contribution in [0.3, 0.4) is 0 Å². The zero-order valence-electron chi connectivity index (χ0n) is 14.0. The van der Waals surface area contributed by atoms with E-state index >= 15 is 0 Å². The second-order valence-corrected chi connectivity index (χ2v) is 6.33. The van der Waals surface area contributed by atoms with Crippen LogP contribution in [0.1, 0.15) is 30.9 Å². The number of aliphatic hydroxyl groups is 1. The van der Waals surface area contributed by atoms with Crippen LogP contribution in [0.2, 0.25) is 0 Å². The largest absolute Gasteiger partial charge is 0.387 e. The summed E-state index contributed by atoms with van der Waals surface area (Å²) in [7, 11) is 1.85. The average Bonchev–Trinajstić information content (AvgIpc) is 2.60. The number of nitrogens with one attached hydrogen (secondary N) is 2. The number of likely N-dealkylation sites (tertiary alicyclic amines) is 1. The summed E-state index contributed by atoms with van der Waals surface area (Å²) in [6.45, 7) is 4.16. The molecule has 0 aliphatic carbocycles. The van der Waals surface area contributed by atoms with Crippen LogP contribution >= 0.6 is 0 Å². The van der Waals surface area contributed by atoms with Gasteiger partial charge in [0.05, 0.1) is 6.10 Å². The summed E-state index contributed by atoms with van der Waals surface area (Å²) in [5.74, 6) is 0.680. The van der Waals surface area contributed by atoms with E-state index in [-0.39, 0.29) is 5.91 Å². The number of piperidine rings is 1. The molecule has 5 heteroatoms. The van der Waals surface area contributed by atoms with E-state index in [0.717, 1.165) is 44.6 Å². The molecule has 5 nitrogen and oxygen atoms in total. The molecule has 0 saturated carbocycles. The Labute approximate surface area is 139 Å². The fraction of sp³-hybridized carbons (Fsp3) is 0.611. The Morgan fingerprint density at radius 3 is 2.65 bits per heavy atom. The van der Waals surface area contributed by atoms with Crippen molar-refractivity contribution in [2.24, 2.45) is 5.92 Å². The van der Waals surface area contributed by atoms with Gasteiger partial charge in [0.1, 0.15) is 0 Å². The molecule has 128 valence electrons. The third kappa shape index (κ3) is 6.29. The number of hydrogen-bond acceptors (Lipinski definition) is 4. The molecule has 3 N–H and O–H groups in total. The third-order valence-electron chi connectivity index (χ3n) is 4.51. The van der Waals surface area contributed by atoms with Gasteiger partial charge in [-0.1, -0.05) is 30.3 Å². The third-order valence-corrected chi connectivity index (χ3v) is 4.51. The molecule has 0 radical (unpaired) electrons. The van der Waals surface area contributed by atoms with Crippen molar-refractivity contribution in [3.8, 4) is 0 Å². The van der Waals surface area contributed by atoms with E-state index in [0.29, 0.717) is 18.9 Å². The minimum atomic E-state index is -0.422. The Balaban J connectivity index is 1.65. The van der Waals surface area contributed by atoms with Gasteiger partial charge in [-0.05, 0) is 44.5 Å². The lowest BCUT2D eigenvalue weighted by Gasteiger charge is -2.33. The summed E-state index contributed by atoms with van der Waals surface area (Å²) in [6.07, 6.45) is 2.27. The number of benzene rings is 1. The fourth-order valence-corrected chi connectivity index (χ4v) is 2.98. The first-order valence-electron chi connectivity index (χ1n) is 8.55. The van der Waals surface area contributed by atoms with Crippen molar-refractivity contribution in [2.75, 3.05) is 39.8 Å². The van der Waals surface area contributed by atoms with Crippen LogP contribution in [-0.2, 0) is 4.79 Å². The molecule has 23 heavy (non-hydrogen) atoms. The Kier molecular flexibility index (Phi) is 7.52. The van der Waals surface area contributed by atoms with E-state index in [1.165, 1.54) is 0 Å². The lowest BCUT2D eigenvalue weighted by molar-refractivity contribution is -0.121. The highest BCUT2D eigenvalue weighted by atomic mass is 16.3. The highest BCUT2D eigenvalue weighted by Crippen LogP contribution is 2.20. The van der Waals surface area contributed by atoms with Crippen molar-refractivity contribution >= 4 is 5.91 Å². The highest BCUT2D eigenvalue weighted by molar-refractivity contribution is 5.76. The predicted octanol–water partition coefficient (Wildman–Crippen LogP) is 1.16. The van der Waals surface area contributed by atoms with Crippen molar-refractivity contribution in [1.29, 1.82) is 0 Å². The van der Waals surface area contributed by atoms with Crippen molar-refractivity contribution in [1.82, 2.24) is 15.5 Å². The van der Waals surface area contributed by atoms with Crippen LogP contribution in [0.25, 0.3) is 0 Å². The lowest BCUT2D eigenvalue weighted by atomic mass is 9.96. The van der Waals surface area contributed by atoms with Gasteiger partial charge in [-0.15, -0.1) is 0 Å². The summed E-state index contributed by atoms with van der Waals surface area (Å²) >= 11 is 0. The number of nitrogens with zero attached hydrogens (tertiary/aromatic N) is 1. The maximum Gasteiger partial charge on any atom is 0.221 e. The SMILES string of the molecule is CNCCC(=O)NCC1CCN(CC(O)c2ccccc2)CC1. The molecule has 1 amide bonds. The van der Waals surface area contributed by atoms with Gasteiger partial charge in [-0.25, -0.2) is 0 Å². The summed E-state index contributed by atoms with van der Waals surface area (Å²) in [6, 6.07) is 9.83. The maximum absolute atomic E-state index is 11.6. The van der Waals surface area contributed by atoms with E-state index in [4.69, 9.17) is 0 Å². The Morgan fingerprint density at radius 2 is 2.00 bits per heavy atom. The van der Waals surface area contributed by atoms with Gasteiger partial charge in [0, 0.05) is 26.1 Å². The molecule has 1 heterocycles. The van der Waals surface area contributed by atoms with Gasteiger partial charge in [-0.2, -0.15) is 0 Å². The Bertz CT molecular complexity index is 459. The van der Waals surface area contributed by atoms with Crippen LogP contribution in [-0.4, -0.2) is 55.7 Å². The molecular formula is C18H29N3O2. The maximum atomic E-state index is 11.6. The Hall–Kier alpha value is -1.43. The summed E-state index contributed by atoms with van der Waals surface area (Å²) < 4.78 is 0. The van der Waals surface area contributed by atoms with E-state index < -0.39 is 6.10 Å². The second kappa shape index (κ2) is 9.65. The van der Waals surface area contributed by atoms with E-state index in [9.17, 15) is 9.90 Å². The molecule has 1 saturated heterocycles. The first-order valence-corrected chi connectivity index (χ1v) is 8.55.